The highest BCUT2D eigenvalue weighted by molar-refractivity contribution is 6.31. The van der Waals surface area contributed by atoms with Gasteiger partial charge in [-0.05, 0) is 60.6 Å². The average Bonchev–Trinajstić information content (AvgIpc) is 2.81. The first kappa shape index (κ1) is 12.7. The summed E-state index contributed by atoms with van der Waals surface area (Å²) in [4.78, 5) is 11.1. The molecule has 4 rings (SSSR count). The van der Waals surface area contributed by atoms with Crippen molar-refractivity contribution in [3.8, 4) is 0 Å². The summed E-state index contributed by atoms with van der Waals surface area (Å²) in [7, 11) is 0. The van der Waals surface area contributed by atoms with Crippen LogP contribution in [0, 0.1) is 23.7 Å². The van der Waals surface area contributed by atoms with Crippen LogP contribution in [0.15, 0.2) is 18.2 Å². The van der Waals surface area contributed by atoms with E-state index in [2.05, 4.69) is 5.32 Å². The second-order valence-corrected chi connectivity index (χ2v) is 6.97. The molecule has 0 heterocycles. The van der Waals surface area contributed by atoms with Crippen molar-refractivity contribution in [3.05, 3.63) is 34.3 Å². The highest BCUT2D eigenvalue weighted by Gasteiger charge is 2.64. The van der Waals surface area contributed by atoms with E-state index in [1.165, 1.54) is 19.3 Å². The highest BCUT2D eigenvalue weighted by atomic mass is 35.5. The Morgan fingerprint density at radius 2 is 2.00 bits per heavy atom. The molecule has 1 amide bonds. The Labute approximate surface area is 123 Å². The summed E-state index contributed by atoms with van der Waals surface area (Å²) in [6.45, 7) is 0.787. The van der Waals surface area contributed by atoms with Gasteiger partial charge in [0.05, 0.1) is 0 Å². The first-order valence-electron chi connectivity index (χ1n) is 7.47. The van der Waals surface area contributed by atoms with Gasteiger partial charge in [-0.2, -0.15) is 0 Å². The van der Waals surface area contributed by atoms with Crippen molar-refractivity contribution in [3.63, 3.8) is 0 Å². The lowest BCUT2D eigenvalue weighted by atomic mass is 10.0. The summed E-state index contributed by atoms with van der Waals surface area (Å²) < 4.78 is 0. The molecule has 4 unspecified atom stereocenters. The van der Waals surface area contributed by atoms with Crippen LogP contribution in [0.5, 0.6) is 0 Å². The third kappa shape index (κ3) is 1.87. The maximum absolute atomic E-state index is 11.1. The molecule has 3 aliphatic rings. The number of fused-ring (bicyclic) bond motifs is 5. The zero-order valence-electron chi connectivity index (χ0n) is 11.3. The number of amides is 1. The lowest BCUT2D eigenvalue weighted by Crippen LogP contribution is -2.22. The number of nitrogens with two attached hydrogens (primary N) is 1. The summed E-state index contributed by atoms with van der Waals surface area (Å²) in [5.41, 5.74) is 6.77. The van der Waals surface area contributed by atoms with Gasteiger partial charge in [0.25, 0.3) is 0 Å². The van der Waals surface area contributed by atoms with Crippen LogP contribution in [0.4, 0.5) is 0 Å². The number of carbonyl (C=O) groups excluding carboxylic acids is 1. The molecule has 1 aromatic rings. The van der Waals surface area contributed by atoms with Crippen LogP contribution in [-0.2, 0) is 6.54 Å². The Hall–Kier alpha value is -1.06. The largest absolute Gasteiger partial charge is 0.366 e. The van der Waals surface area contributed by atoms with E-state index in [0.29, 0.717) is 16.6 Å². The number of primary amides is 1. The fraction of sp³-hybridized carbons (Fsp3) is 0.562. The summed E-state index contributed by atoms with van der Waals surface area (Å²) in [5.74, 6) is 3.39. The van der Waals surface area contributed by atoms with E-state index < -0.39 is 5.91 Å². The first-order chi connectivity index (χ1) is 9.65. The van der Waals surface area contributed by atoms with Crippen LogP contribution in [-0.4, -0.2) is 11.9 Å². The molecule has 106 valence electrons. The molecule has 0 aliphatic heterocycles. The van der Waals surface area contributed by atoms with Crippen molar-refractivity contribution < 1.29 is 4.79 Å². The van der Waals surface area contributed by atoms with Gasteiger partial charge in [0.15, 0.2) is 0 Å². The molecule has 3 N–H and O–H groups in total. The predicted octanol–water partition coefficient (Wildman–Crippen LogP) is 2.57. The average molecular weight is 291 g/mol. The monoisotopic (exact) mass is 290 g/mol. The van der Waals surface area contributed by atoms with E-state index in [1.54, 1.807) is 12.1 Å². The molecule has 2 bridgehead atoms. The van der Waals surface area contributed by atoms with Gasteiger partial charge >= 0.3 is 0 Å². The number of rotatable bonds is 4. The number of hydrogen-bond acceptors (Lipinski definition) is 2. The number of nitrogens with one attached hydrogen (secondary N) is 1. The second-order valence-electron chi connectivity index (χ2n) is 6.57. The van der Waals surface area contributed by atoms with Crippen molar-refractivity contribution in [1.82, 2.24) is 5.32 Å². The summed E-state index contributed by atoms with van der Waals surface area (Å²) >= 11 is 6.22. The van der Waals surface area contributed by atoms with E-state index in [4.69, 9.17) is 17.3 Å². The van der Waals surface area contributed by atoms with Crippen LogP contribution in [0.3, 0.4) is 0 Å². The smallest absolute Gasteiger partial charge is 0.248 e. The maximum Gasteiger partial charge on any atom is 0.248 e. The van der Waals surface area contributed by atoms with Gasteiger partial charge in [-0.1, -0.05) is 17.7 Å². The molecule has 0 aromatic heterocycles. The van der Waals surface area contributed by atoms with Crippen LogP contribution < -0.4 is 11.1 Å². The van der Waals surface area contributed by atoms with Crippen molar-refractivity contribution >= 4 is 17.5 Å². The molecular weight excluding hydrogens is 272 g/mol. The third-order valence-corrected chi connectivity index (χ3v) is 5.95. The fourth-order valence-corrected chi connectivity index (χ4v) is 4.92. The zero-order valence-corrected chi connectivity index (χ0v) is 12.1. The maximum atomic E-state index is 11.1. The van der Waals surface area contributed by atoms with Gasteiger partial charge in [0.2, 0.25) is 5.91 Å². The molecule has 0 radical (unpaired) electrons. The van der Waals surface area contributed by atoms with Crippen molar-refractivity contribution in [2.75, 3.05) is 0 Å². The van der Waals surface area contributed by atoms with Crippen LogP contribution in [0.2, 0.25) is 5.02 Å². The van der Waals surface area contributed by atoms with Crippen molar-refractivity contribution in [1.29, 1.82) is 0 Å². The predicted molar refractivity (Wildman–Crippen MR) is 78.4 cm³/mol. The van der Waals surface area contributed by atoms with Crippen LogP contribution in [0.1, 0.15) is 35.2 Å². The van der Waals surface area contributed by atoms with Gasteiger partial charge in [0.1, 0.15) is 0 Å². The van der Waals surface area contributed by atoms with Gasteiger partial charge in [-0.15, -0.1) is 0 Å². The number of hydrogen-bond donors (Lipinski definition) is 2. The number of carbonyl (C=O) groups is 1. The van der Waals surface area contributed by atoms with Crippen LogP contribution in [0.25, 0.3) is 0 Å². The van der Waals surface area contributed by atoms with Gasteiger partial charge in [-0.25, -0.2) is 0 Å². The molecule has 4 atom stereocenters. The minimum absolute atomic E-state index is 0.431. The van der Waals surface area contributed by atoms with E-state index in [-0.39, 0.29) is 0 Å². The molecule has 0 saturated heterocycles. The summed E-state index contributed by atoms with van der Waals surface area (Å²) in [6, 6.07) is 6.02. The Morgan fingerprint density at radius 3 is 2.60 bits per heavy atom. The molecule has 3 saturated carbocycles. The number of benzene rings is 1. The number of halogens is 1. The Balaban J connectivity index is 1.40. The lowest BCUT2D eigenvalue weighted by Gasteiger charge is -2.11. The minimum Gasteiger partial charge on any atom is -0.366 e. The summed E-state index contributed by atoms with van der Waals surface area (Å²) in [5, 5.41) is 4.29. The SMILES string of the molecule is NC(=O)c1ccc(CNC2C3C4CCC(C4)C23)c(Cl)c1. The molecule has 0 spiro atoms. The fourth-order valence-electron chi connectivity index (χ4n) is 4.67. The highest BCUT2D eigenvalue weighted by Crippen LogP contribution is 2.65. The Morgan fingerprint density at radius 1 is 1.30 bits per heavy atom. The van der Waals surface area contributed by atoms with Crippen molar-refractivity contribution in [2.24, 2.45) is 29.4 Å². The normalized spacial score (nSPS) is 37.0. The standard InChI is InChI=1S/C16H19ClN2O/c17-12-6-10(16(18)20)3-4-11(12)7-19-15-13-8-1-2-9(5-8)14(13)15/h3-4,6,8-9,13-15,19H,1-2,5,7H2,(H2,18,20). The third-order valence-electron chi connectivity index (χ3n) is 5.60. The molecular formula is C16H19ClN2O. The summed E-state index contributed by atoms with van der Waals surface area (Å²) in [6.07, 6.45) is 4.36. The second kappa shape index (κ2) is 4.47. The molecule has 3 fully saturated rings. The minimum atomic E-state index is -0.431. The Bertz CT molecular complexity index is 558. The zero-order chi connectivity index (χ0) is 13.9. The lowest BCUT2D eigenvalue weighted by molar-refractivity contribution is 0.100. The topological polar surface area (TPSA) is 55.1 Å². The van der Waals surface area contributed by atoms with Crippen molar-refractivity contribution in [2.45, 2.75) is 31.8 Å². The quantitative estimate of drug-likeness (QED) is 0.895. The van der Waals surface area contributed by atoms with Crippen LogP contribution >= 0.6 is 11.6 Å². The van der Waals surface area contributed by atoms with E-state index in [0.717, 1.165) is 35.8 Å². The molecule has 20 heavy (non-hydrogen) atoms. The van der Waals surface area contributed by atoms with E-state index >= 15 is 0 Å². The van der Waals surface area contributed by atoms with Gasteiger partial charge in [-0.3, -0.25) is 4.79 Å². The molecule has 4 heteroatoms. The van der Waals surface area contributed by atoms with Gasteiger partial charge < -0.3 is 11.1 Å². The van der Waals surface area contributed by atoms with E-state index in [1.807, 2.05) is 6.07 Å². The Kier molecular flexibility index (Phi) is 2.83. The molecule has 3 aliphatic carbocycles. The van der Waals surface area contributed by atoms with Gasteiger partial charge in [0, 0.05) is 23.2 Å². The molecule has 1 aromatic carbocycles. The first-order valence-corrected chi connectivity index (χ1v) is 7.84. The molecule has 3 nitrogen and oxygen atoms in total. The van der Waals surface area contributed by atoms with E-state index in [9.17, 15) is 4.79 Å².